The van der Waals surface area contributed by atoms with Crippen LogP contribution in [0.15, 0.2) is 66.7 Å². The number of rotatable bonds is 10. The molecule has 1 heterocycles. The zero-order valence-electron chi connectivity index (χ0n) is 20.7. The second-order valence-corrected chi connectivity index (χ2v) is 8.45. The van der Waals surface area contributed by atoms with Crippen molar-refractivity contribution < 1.29 is 28.5 Å². The van der Waals surface area contributed by atoms with Gasteiger partial charge in [0, 0.05) is 13.1 Å². The van der Waals surface area contributed by atoms with E-state index in [0.717, 1.165) is 16.7 Å². The molecule has 8 nitrogen and oxygen atoms in total. The third-order valence-electron chi connectivity index (χ3n) is 6.07. The van der Waals surface area contributed by atoms with Gasteiger partial charge in [0.05, 0.1) is 20.6 Å². The highest BCUT2D eigenvalue weighted by molar-refractivity contribution is 5.88. The molecule has 8 heteroatoms. The van der Waals surface area contributed by atoms with Gasteiger partial charge in [-0.15, -0.1) is 0 Å². The minimum Gasteiger partial charge on any atom is -0.493 e. The first-order chi connectivity index (χ1) is 17.5. The number of benzene rings is 3. The van der Waals surface area contributed by atoms with E-state index in [1.165, 1.54) is 0 Å². The van der Waals surface area contributed by atoms with E-state index in [1.807, 2.05) is 54.6 Å². The van der Waals surface area contributed by atoms with E-state index >= 15 is 0 Å². The van der Waals surface area contributed by atoms with Gasteiger partial charge in [-0.25, -0.2) is 0 Å². The lowest BCUT2D eigenvalue weighted by atomic mass is 10.1. The summed E-state index contributed by atoms with van der Waals surface area (Å²) in [6.07, 6.45) is 0.118. The number of methoxy groups -OCH3 is 2. The van der Waals surface area contributed by atoms with Gasteiger partial charge >= 0.3 is 0 Å². The topological polar surface area (TPSA) is 86.3 Å². The Morgan fingerprint density at radius 2 is 1.61 bits per heavy atom. The first-order valence-corrected chi connectivity index (χ1v) is 11.7. The number of carbonyl (C=O) groups excluding carboxylic acids is 2. The summed E-state index contributed by atoms with van der Waals surface area (Å²) in [5, 5.41) is 2.94. The highest BCUT2D eigenvalue weighted by Crippen LogP contribution is 2.32. The van der Waals surface area contributed by atoms with E-state index in [2.05, 4.69) is 5.32 Å². The Bertz CT molecular complexity index is 1210. The van der Waals surface area contributed by atoms with Crippen LogP contribution in [0, 0.1) is 0 Å². The quantitative estimate of drug-likeness (QED) is 0.466. The molecule has 0 radical (unpaired) electrons. The summed E-state index contributed by atoms with van der Waals surface area (Å²) in [6.45, 7) is 2.55. The van der Waals surface area contributed by atoms with E-state index in [0.29, 0.717) is 36.1 Å². The maximum atomic E-state index is 13.5. The predicted molar refractivity (Wildman–Crippen MR) is 134 cm³/mol. The third-order valence-corrected chi connectivity index (χ3v) is 6.07. The summed E-state index contributed by atoms with van der Waals surface area (Å²) in [7, 11) is 3.12. The van der Waals surface area contributed by atoms with Crippen molar-refractivity contribution in [2.45, 2.75) is 32.5 Å². The summed E-state index contributed by atoms with van der Waals surface area (Å²) >= 11 is 0. The summed E-state index contributed by atoms with van der Waals surface area (Å²) in [5.41, 5.74) is 2.59. The minimum atomic E-state index is -0.688. The van der Waals surface area contributed by atoms with Crippen molar-refractivity contribution in [1.29, 1.82) is 0 Å². The van der Waals surface area contributed by atoms with Crippen LogP contribution in [-0.2, 0) is 29.1 Å². The van der Waals surface area contributed by atoms with Crippen LogP contribution < -0.4 is 24.3 Å². The van der Waals surface area contributed by atoms with E-state index in [-0.39, 0.29) is 25.0 Å². The molecule has 2 amide bonds. The summed E-state index contributed by atoms with van der Waals surface area (Å²) in [5.74, 6) is 2.07. The molecule has 0 bridgehead atoms. The molecule has 4 rings (SSSR count). The smallest absolute Gasteiger partial charge is 0.242 e. The number of carbonyl (C=O) groups is 2. The van der Waals surface area contributed by atoms with Crippen molar-refractivity contribution in [2.24, 2.45) is 0 Å². The molecule has 1 N–H and O–H groups in total. The van der Waals surface area contributed by atoms with Crippen molar-refractivity contribution >= 4 is 11.8 Å². The van der Waals surface area contributed by atoms with E-state index < -0.39 is 6.04 Å². The number of hydrogen-bond donors (Lipinski definition) is 1. The lowest BCUT2D eigenvalue weighted by molar-refractivity contribution is -0.140. The lowest BCUT2D eigenvalue weighted by Crippen LogP contribution is -2.47. The number of nitrogens with zero attached hydrogens (tertiary/aromatic N) is 1. The first-order valence-electron chi connectivity index (χ1n) is 11.7. The van der Waals surface area contributed by atoms with Crippen LogP contribution in [0.2, 0.25) is 0 Å². The average molecular weight is 491 g/mol. The van der Waals surface area contributed by atoms with Gasteiger partial charge in [0.2, 0.25) is 18.6 Å². The number of ether oxygens (including phenoxy) is 4. The normalized spacial score (nSPS) is 12.5. The second-order valence-electron chi connectivity index (χ2n) is 8.45. The largest absolute Gasteiger partial charge is 0.493 e. The van der Waals surface area contributed by atoms with Gasteiger partial charge in [-0.05, 0) is 47.9 Å². The molecule has 0 saturated carbocycles. The van der Waals surface area contributed by atoms with Crippen LogP contribution in [0.4, 0.5) is 0 Å². The number of nitrogens with one attached hydrogen (secondary N) is 1. The Hall–Kier alpha value is -4.20. The van der Waals surface area contributed by atoms with Crippen molar-refractivity contribution in [3.63, 3.8) is 0 Å². The van der Waals surface area contributed by atoms with Crippen LogP contribution in [0.25, 0.3) is 0 Å². The molecule has 1 aliphatic heterocycles. The van der Waals surface area contributed by atoms with E-state index in [9.17, 15) is 9.59 Å². The molecule has 1 atom stereocenters. The SMILES string of the molecule is COc1ccc(CC(=O)N(Cc2ccccc2)[C@H](C)C(=O)NCc2ccc3c(c2)OCO3)cc1OC. The standard InChI is InChI=1S/C28H30N2O6/c1-19(28(32)29-16-22-10-12-24-26(14-22)36-18-35-24)30(17-20-7-5-4-6-8-20)27(31)15-21-9-11-23(33-2)25(13-21)34-3/h4-14,19H,15-18H2,1-3H3,(H,29,32)/t19-/m1/s1. The maximum Gasteiger partial charge on any atom is 0.242 e. The lowest BCUT2D eigenvalue weighted by Gasteiger charge is -2.29. The van der Waals surface area contributed by atoms with Gasteiger partial charge in [-0.3, -0.25) is 9.59 Å². The minimum absolute atomic E-state index is 0.118. The molecule has 0 unspecified atom stereocenters. The molecule has 188 valence electrons. The molecule has 1 aliphatic rings. The highest BCUT2D eigenvalue weighted by Gasteiger charge is 2.26. The monoisotopic (exact) mass is 490 g/mol. The fraction of sp³-hybridized carbons (Fsp3) is 0.286. The van der Waals surface area contributed by atoms with Gasteiger partial charge in [-0.2, -0.15) is 0 Å². The van der Waals surface area contributed by atoms with Crippen molar-refractivity contribution in [3.8, 4) is 23.0 Å². The molecular formula is C28H30N2O6. The van der Waals surface area contributed by atoms with Gasteiger partial charge in [0.1, 0.15) is 6.04 Å². The van der Waals surface area contributed by atoms with Crippen LogP contribution >= 0.6 is 0 Å². The zero-order valence-corrected chi connectivity index (χ0v) is 20.7. The molecule has 36 heavy (non-hydrogen) atoms. The molecule has 3 aromatic carbocycles. The van der Waals surface area contributed by atoms with Gasteiger partial charge in [0.15, 0.2) is 23.0 Å². The molecule has 0 aromatic heterocycles. The van der Waals surface area contributed by atoms with Crippen molar-refractivity contribution in [2.75, 3.05) is 21.0 Å². The van der Waals surface area contributed by atoms with Crippen LogP contribution in [0.3, 0.4) is 0 Å². The molecule has 0 spiro atoms. The second kappa shape index (κ2) is 11.5. The van der Waals surface area contributed by atoms with Crippen molar-refractivity contribution in [1.82, 2.24) is 10.2 Å². The summed E-state index contributed by atoms with van der Waals surface area (Å²) in [4.78, 5) is 28.2. The maximum absolute atomic E-state index is 13.5. The van der Waals surface area contributed by atoms with Crippen molar-refractivity contribution in [3.05, 3.63) is 83.4 Å². The predicted octanol–water partition coefficient (Wildman–Crippen LogP) is 3.71. The Labute approximate surface area is 210 Å². The van der Waals surface area contributed by atoms with E-state index in [4.69, 9.17) is 18.9 Å². The Morgan fingerprint density at radius 3 is 2.36 bits per heavy atom. The van der Waals surface area contributed by atoms with E-state index in [1.54, 1.807) is 38.2 Å². The molecule has 0 aliphatic carbocycles. The molecule has 0 fully saturated rings. The van der Waals surface area contributed by atoms with Gasteiger partial charge < -0.3 is 29.2 Å². The number of amides is 2. The fourth-order valence-corrected chi connectivity index (χ4v) is 4.02. The Kier molecular flexibility index (Phi) is 7.95. The first kappa shape index (κ1) is 24.9. The number of fused-ring (bicyclic) bond motifs is 1. The summed E-state index contributed by atoms with van der Waals surface area (Å²) < 4.78 is 21.4. The van der Waals surface area contributed by atoms with Crippen LogP contribution in [0.5, 0.6) is 23.0 Å². The van der Waals surface area contributed by atoms with Crippen LogP contribution in [0.1, 0.15) is 23.6 Å². The van der Waals surface area contributed by atoms with Crippen LogP contribution in [-0.4, -0.2) is 43.8 Å². The highest BCUT2D eigenvalue weighted by atomic mass is 16.7. The molecule has 3 aromatic rings. The fourth-order valence-electron chi connectivity index (χ4n) is 4.02. The zero-order chi connectivity index (χ0) is 25.5. The Balaban J connectivity index is 1.47. The van der Waals surface area contributed by atoms with Gasteiger partial charge in [0.25, 0.3) is 0 Å². The van der Waals surface area contributed by atoms with Gasteiger partial charge in [-0.1, -0.05) is 42.5 Å². The average Bonchev–Trinajstić information content (AvgIpc) is 3.38. The summed E-state index contributed by atoms with van der Waals surface area (Å²) in [6, 6.07) is 19.8. The molecule has 0 saturated heterocycles. The Morgan fingerprint density at radius 1 is 0.889 bits per heavy atom. The third kappa shape index (κ3) is 5.89. The number of hydrogen-bond acceptors (Lipinski definition) is 6. The molecular weight excluding hydrogens is 460 g/mol.